The third kappa shape index (κ3) is 4.67. The Bertz CT molecular complexity index is 893. The summed E-state index contributed by atoms with van der Waals surface area (Å²) in [5.41, 5.74) is 2.94. The first kappa shape index (κ1) is 18.5. The Labute approximate surface area is 159 Å². The lowest BCUT2D eigenvalue weighted by atomic mass is 10.1. The fraction of sp³-hybridized carbons (Fsp3) is 0.174. The monoisotopic (exact) mass is 361 g/mol. The number of ether oxygens (including phenoxy) is 2. The first-order valence-electron chi connectivity index (χ1n) is 8.88. The molecule has 0 aliphatic carbocycles. The number of amides is 1. The van der Waals surface area contributed by atoms with Gasteiger partial charge in [-0.15, -0.1) is 0 Å². The van der Waals surface area contributed by atoms with Gasteiger partial charge in [-0.3, -0.25) is 4.79 Å². The molecule has 0 bridgehead atoms. The van der Waals surface area contributed by atoms with Crippen molar-refractivity contribution in [3.8, 4) is 22.6 Å². The molecule has 0 saturated carbocycles. The average Bonchev–Trinajstić information content (AvgIpc) is 2.73. The normalized spacial score (nSPS) is 11.5. The van der Waals surface area contributed by atoms with Gasteiger partial charge in [0.25, 0.3) is 5.91 Å². The standard InChI is InChI=1S/C23H23NO3/c1-17(19-12-6-8-14-21(19)26-2)24-23(25)16-27-22-15-9-7-13-20(22)18-10-4-3-5-11-18/h3-15,17H,16H2,1-2H3,(H,24,25). The summed E-state index contributed by atoms with van der Waals surface area (Å²) in [7, 11) is 1.62. The van der Waals surface area contributed by atoms with Crippen LogP contribution in [0.3, 0.4) is 0 Å². The number of hydrogen-bond donors (Lipinski definition) is 1. The van der Waals surface area contributed by atoms with Gasteiger partial charge >= 0.3 is 0 Å². The molecular weight excluding hydrogens is 338 g/mol. The van der Waals surface area contributed by atoms with E-state index in [0.717, 1.165) is 22.4 Å². The maximum atomic E-state index is 12.4. The van der Waals surface area contributed by atoms with Gasteiger partial charge in [0.2, 0.25) is 0 Å². The zero-order valence-electron chi connectivity index (χ0n) is 15.5. The summed E-state index contributed by atoms with van der Waals surface area (Å²) in [5.74, 6) is 1.25. The van der Waals surface area contributed by atoms with Crippen LogP contribution in [0.2, 0.25) is 0 Å². The second kappa shape index (κ2) is 8.90. The molecule has 4 heteroatoms. The molecule has 0 heterocycles. The van der Waals surface area contributed by atoms with E-state index in [1.165, 1.54) is 0 Å². The molecule has 3 aromatic carbocycles. The Kier molecular flexibility index (Phi) is 6.10. The van der Waals surface area contributed by atoms with E-state index in [4.69, 9.17) is 9.47 Å². The van der Waals surface area contributed by atoms with E-state index in [9.17, 15) is 4.79 Å². The molecule has 0 aliphatic rings. The number of benzene rings is 3. The predicted octanol–water partition coefficient (Wildman–Crippen LogP) is 4.62. The Morgan fingerprint density at radius 1 is 0.889 bits per heavy atom. The van der Waals surface area contributed by atoms with Crippen molar-refractivity contribution < 1.29 is 14.3 Å². The largest absolute Gasteiger partial charge is 0.496 e. The number of carbonyl (C=O) groups is 1. The van der Waals surface area contributed by atoms with Crippen LogP contribution in [0.5, 0.6) is 11.5 Å². The minimum absolute atomic E-state index is 0.0522. The van der Waals surface area contributed by atoms with E-state index >= 15 is 0 Å². The van der Waals surface area contributed by atoms with E-state index in [-0.39, 0.29) is 18.6 Å². The summed E-state index contributed by atoms with van der Waals surface area (Å²) in [6.45, 7) is 1.87. The van der Waals surface area contributed by atoms with Gasteiger partial charge < -0.3 is 14.8 Å². The molecule has 0 saturated heterocycles. The highest BCUT2D eigenvalue weighted by Crippen LogP contribution is 2.29. The molecule has 0 aliphatic heterocycles. The predicted molar refractivity (Wildman–Crippen MR) is 107 cm³/mol. The van der Waals surface area contributed by atoms with Crippen molar-refractivity contribution in [2.45, 2.75) is 13.0 Å². The molecule has 0 radical (unpaired) electrons. The molecule has 1 amide bonds. The Balaban J connectivity index is 1.65. The maximum absolute atomic E-state index is 12.4. The summed E-state index contributed by atoms with van der Waals surface area (Å²) in [5, 5.41) is 2.96. The fourth-order valence-corrected chi connectivity index (χ4v) is 2.98. The van der Waals surface area contributed by atoms with Gasteiger partial charge in [-0.2, -0.15) is 0 Å². The van der Waals surface area contributed by atoms with Gasteiger partial charge in [-0.25, -0.2) is 0 Å². The molecule has 1 N–H and O–H groups in total. The SMILES string of the molecule is COc1ccccc1C(C)NC(=O)COc1ccccc1-c1ccccc1. The van der Waals surface area contributed by atoms with Crippen LogP contribution >= 0.6 is 0 Å². The highest BCUT2D eigenvalue weighted by molar-refractivity contribution is 5.79. The molecule has 4 nitrogen and oxygen atoms in total. The smallest absolute Gasteiger partial charge is 0.258 e. The van der Waals surface area contributed by atoms with E-state index in [1.54, 1.807) is 7.11 Å². The maximum Gasteiger partial charge on any atom is 0.258 e. The van der Waals surface area contributed by atoms with Crippen LogP contribution in [0.25, 0.3) is 11.1 Å². The topological polar surface area (TPSA) is 47.6 Å². The Morgan fingerprint density at radius 2 is 1.52 bits per heavy atom. The van der Waals surface area contributed by atoms with Gasteiger partial charge in [-0.05, 0) is 24.6 Å². The van der Waals surface area contributed by atoms with E-state index in [2.05, 4.69) is 5.32 Å². The van der Waals surface area contributed by atoms with Gasteiger partial charge in [0, 0.05) is 11.1 Å². The molecule has 3 rings (SSSR count). The summed E-state index contributed by atoms with van der Waals surface area (Å²) >= 11 is 0. The minimum Gasteiger partial charge on any atom is -0.496 e. The molecule has 0 fully saturated rings. The number of carbonyl (C=O) groups excluding carboxylic acids is 1. The fourth-order valence-electron chi connectivity index (χ4n) is 2.98. The molecule has 1 atom stereocenters. The van der Waals surface area contributed by atoms with Crippen molar-refractivity contribution in [3.63, 3.8) is 0 Å². The Hall–Kier alpha value is -3.27. The van der Waals surface area contributed by atoms with E-state index in [0.29, 0.717) is 5.75 Å². The van der Waals surface area contributed by atoms with Gasteiger partial charge in [0.05, 0.1) is 13.2 Å². The molecule has 0 spiro atoms. The van der Waals surface area contributed by atoms with Crippen LogP contribution in [0.1, 0.15) is 18.5 Å². The number of hydrogen-bond acceptors (Lipinski definition) is 3. The van der Waals surface area contributed by atoms with Crippen LogP contribution < -0.4 is 14.8 Å². The summed E-state index contributed by atoms with van der Waals surface area (Å²) in [6.07, 6.45) is 0. The summed E-state index contributed by atoms with van der Waals surface area (Å²) in [6, 6.07) is 25.2. The van der Waals surface area contributed by atoms with Crippen LogP contribution in [-0.4, -0.2) is 19.6 Å². The van der Waals surface area contributed by atoms with Gasteiger partial charge in [0.1, 0.15) is 11.5 Å². The lowest BCUT2D eigenvalue weighted by molar-refractivity contribution is -0.123. The quantitative estimate of drug-likeness (QED) is 0.668. The second-order valence-corrected chi connectivity index (χ2v) is 6.18. The van der Waals surface area contributed by atoms with Crippen LogP contribution in [0, 0.1) is 0 Å². The zero-order chi connectivity index (χ0) is 19.1. The lowest BCUT2D eigenvalue weighted by Crippen LogP contribution is -2.31. The van der Waals surface area contributed by atoms with Crippen LogP contribution in [-0.2, 0) is 4.79 Å². The molecule has 0 aromatic heterocycles. The van der Waals surface area contributed by atoms with Crippen molar-refractivity contribution in [1.29, 1.82) is 0 Å². The van der Waals surface area contributed by atoms with Crippen molar-refractivity contribution in [2.24, 2.45) is 0 Å². The summed E-state index contributed by atoms with van der Waals surface area (Å²) < 4.78 is 11.2. The molecule has 3 aromatic rings. The third-order valence-electron chi connectivity index (χ3n) is 4.31. The van der Waals surface area contributed by atoms with Gasteiger partial charge in [-0.1, -0.05) is 66.7 Å². The summed E-state index contributed by atoms with van der Waals surface area (Å²) in [4.78, 5) is 12.4. The minimum atomic E-state index is -0.184. The van der Waals surface area contributed by atoms with Crippen LogP contribution in [0.4, 0.5) is 0 Å². The second-order valence-electron chi connectivity index (χ2n) is 6.18. The number of nitrogens with one attached hydrogen (secondary N) is 1. The lowest BCUT2D eigenvalue weighted by Gasteiger charge is -2.18. The first-order valence-corrected chi connectivity index (χ1v) is 8.88. The van der Waals surface area contributed by atoms with E-state index in [1.807, 2.05) is 85.8 Å². The van der Waals surface area contributed by atoms with Crippen LogP contribution in [0.15, 0.2) is 78.9 Å². The first-order chi connectivity index (χ1) is 13.2. The molecule has 138 valence electrons. The van der Waals surface area contributed by atoms with Crippen molar-refractivity contribution >= 4 is 5.91 Å². The molecule has 27 heavy (non-hydrogen) atoms. The Morgan fingerprint density at radius 3 is 2.26 bits per heavy atom. The van der Waals surface area contributed by atoms with E-state index < -0.39 is 0 Å². The number of methoxy groups -OCH3 is 1. The van der Waals surface area contributed by atoms with Crippen molar-refractivity contribution in [1.82, 2.24) is 5.32 Å². The number of rotatable bonds is 7. The molecular formula is C23H23NO3. The van der Waals surface area contributed by atoms with Gasteiger partial charge in [0.15, 0.2) is 6.61 Å². The highest BCUT2D eigenvalue weighted by atomic mass is 16.5. The number of para-hydroxylation sites is 2. The average molecular weight is 361 g/mol. The third-order valence-corrected chi connectivity index (χ3v) is 4.31. The van der Waals surface area contributed by atoms with Crippen molar-refractivity contribution in [3.05, 3.63) is 84.4 Å². The highest BCUT2D eigenvalue weighted by Gasteiger charge is 2.14. The zero-order valence-corrected chi connectivity index (χ0v) is 15.5. The molecule has 1 unspecified atom stereocenters. The van der Waals surface area contributed by atoms with Crippen molar-refractivity contribution in [2.75, 3.05) is 13.7 Å².